The molecule has 0 aromatic heterocycles. The average molecular weight is 264 g/mol. The Labute approximate surface area is 113 Å². The second kappa shape index (κ2) is 4.94. The highest BCUT2D eigenvalue weighted by Gasteiger charge is 2.40. The molecule has 0 radical (unpaired) electrons. The maximum Gasteiger partial charge on any atom is 0.124 e. The number of halogens is 1. The minimum Gasteiger partial charge on any atom is -0.496 e. The maximum atomic E-state index is 6.23. The Hall–Kier alpha value is -0.990. The van der Waals surface area contributed by atoms with Crippen molar-refractivity contribution in [1.82, 2.24) is 5.32 Å². The van der Waals surface area contributed by atoms with Crippen LogP contribution in [-0.2, 0) is 6.54 Å². The van der Waals surface area contributed by atoms with Crippen LogP contribution in [0.3, 0.4) is 0 Å². The fourth-order valence-electron chi connectivity index (χ4n) is 3.08. The second-order valence-electron chi connectivity index (χ2n) is 5.15. The van der Waals surface area contributed by atoms with Crippen molar-refractivity contribution in [3.05, 3.63) is 40.9 Å². The Morgan fingerprint density at radius 1 is 1.44 bits per heavy atom. The van der Waals surface area contributed by atoms with Gasteiger partial charge in [0.2, 0.25) is 0 Å². The van der Waals surface area contributed by atoms with Crippen molar-refractivity contribution in [3.63, 3.8) is 0 Å². The van der Waals surface area contributed by atoms with E-state index in [1.807, 2.05) is 18.2 Å². The van der Waals surface area contributed by atoms with Crippen molar-refractivity contribution >= 4 is 11.6 Å². The average Bonchev–Trinajstić information content (AvgIpc) is 2.73. The monoisotopic (exact) mass is 263 g/mol. The van der Waals surface area contributed by atoms with Gasteiger partial charge in [0.1, 0.15) is 5.75 Å². The Morgan fingerprint density at radius 2 is 2.33 bits per heavy atom. The highest BCUT2D eigenvalue weighted by atomic mass is 35.5. The number of fused-ring (bicyclic) bond motifs is 1. The van der Waals surface area contributed by atoms with Gasteiger partial charge in [-0.15, -0.1) is 0 Å². The van der Waals surface area contributed by atoms with Gasteiger partial charge in [0.05, 0.1) is 7.11 Å². The van der Waals surface area contributed by atoms with Gasteiger partial charge >= 0.3 is 0 Å². The zero-order valence-electron chi connectivity index (χ0n) is 10.5. The fraction of sp³-hybridized carbons (Fsp3) is 0.467. The van der Waals surface area contributed by atoms with Crippen molar-refractivity contribution in [2.24, 2.45) is 11.8 Å². The van der Waals surface area contributed by atoms with E-state index in [4.69, 9.17) is 16.3 Å². The van der Waals surface area contributed by atoms with E-state index >= 15 is 0 Å². The molecule has 1 N–H and O–H groups in total. The lowest BCUT2D eigenvalue weighted by molar-refractivity contribution is 0.162. The maximum absolute atomic E-state index is 6.23. The summed E-state index contributed by atoms with van der Waals surface area (Å²) in [6, 6.07) is 6.40. The lowest BCUT2D eigenvalue weighted by Crippen LogP contribution is -2.47. The molecule has 0 aliphatic heterocycles. The number of hydrogen-bond acceptors (Lipinski definition) is 2. The highest BCUT2D eigenvalue weighted by molar-refractivity contribution is 6.31. The van der Waals surface area contributed by atoms with Gasteiger partial charge in [-0.1, -0.05) is 29.8 Å². The minimum absolute atomic E-state index is 0.606. The first-order valence-electron chi connectivity index (χ1n) is 6.51. The minimum atomic E-state index is 0.606. The van der Waals surface area contributed by atoms with Crippen LogP contribution in [0.4, 0.5) is 0 Å². The van der Waals surface area contributed by atoms with E-state index in [1.165, 1.54) is 12.8 Å². The molecule has 0 bridgehead atoms. The van der Waals surface area contributed by atoms with Crippen LogP contribution in [0.15, 0.2) is 30.4 Å². The molecule has 3 heteroatoms. The molecular weight excluding hydrogens is 246 g/mol. The summed E-state index contributed by atoms with van der Waals surface area (Å²) in [7, 11) is 1.69. The molecule has 0 heterocycles. The predicted octanol–water partition coefficient (Wildman–Crippen LogP) is 3.40. The first-order chi connectivity index (χ1) is 8.79. The number of hydrogen-bond donors (Lipinski definition) is 1. The van der Waals surface area contributed by atoms with Crippen LogP contribution in [0.5, 0.6) is 5.75 Å². The third-order valence-electron chi connectivity index (χ3n) is 4.20. The van der Waals surface area contributed by atoms with E-state index in [0.29, 0.717) is 6.04 Å². The van der Waals surface area contributed by atoms with Gasteiger partial charge in [0.15, 0.2) is 0 Å². The van der Waals surface area contributed by atoms with Gasteiger partial charge in [0, 0.05) is 23.2 Å². The summed E-state index contributed by atoms with van der Waals surface area (Å²) in [4.78, 5) is 0. The van der Waals surface area contributed by atoms with Crippen LogP contribution in [0.25, 0.3) is 0 Å². The van der Waals surface area contributed by atoms with Crippen LogP contribution in [0.2, 0.25) is 5.02 Å². The molecule has 0 spiro atoms. The first kappa shape index (κ1) is 12.1. The van der Waals surface area contributed by atoms with Crippen LogP contribution < -0.4 is 10.1 Å². The summed E-state index contributed by atoms with van der Waals surface area (Å²) >= 11 is 6.23. The van der Waals surface area contributed by atoms with Crippen LogP contribution in [0.1, 0.15) is 18.4 Å². The Bertz CT molecular complexity index is 472. The third-order valence-corrected chi connectivity index (χ3v) is 4.55. The zero-order chi connectivity index (χ0) is 12.5. The lowest BCUT2D eigenvalue weighted by atomic mass is 9.71. The smallest absolute Gasteiger partial charge is 0.124 e. The standard InChI is InChI=1S/C15H18ClNO/c1-18-15-7-3-6-13(16)12(15)9-17-14-8-10-4-2-5-11(10)14/h2-3,5-7,10-11,14,17H,4,8-9H2,1H3. The number of allylic oxidation sites excluding steroid dienone is 1. The SMILES string of the molecule is COc1cccc(Cl)c1CNC1CC2CC=CC21. The van der Waals surface area contributed by atoms with E-state index in [0.717, 1.165) is 34.7 Å². The van der Waals surface area contributed by atoms with Gasteiger partial charge in [-0.2, -0.15) is 0 Å². The van der Waals surface area contributed by atoms with Gasteiger partial charge in [-0.25, -0.2) is 0 Å². The number of ether oxygens (including phenoxy) is 1. The van der Waals surface area contributed by atoms with Crippen molar-refractivity contribution in [2.45, 2.75) is 25.4 Å². The van der Waals surface area contributed by atoms with E-state index in [9.17, 15) is 0 Å². The van der Waals surface area contributed by atoms with Crippen LogP contribution >= 0.6 is 11.6 Å². The molecule has 18 heavy (non-hydrogen) atoms. The molecule has 2 nitrogen and oxygen atoms in total. The molecular formula is C15H18ClNO. The van der Waals surface area contributed by atoms with E-state index in [-0.39, 0.29) is 0 Å². The molecule has 1 saturated carbocycles. The highest BCUT2D eigenvalue weighted by Crippen LogP contribution is 2.43. The van der Waals surface area contributed by atoms with E-state index < -0.39 is 0 Å². The zero-order valence-corrected chi connectivity index (χ0v) is 11.3. The van der Waals surface area contributed by atoms with Crippen LogP contribution in [0, 0.1) is 11.8 Å². The van der Waals surface area contributed by atoms with Crippen molar-refractivity contribution in [1.29, 1.82) is 0 Å². The Kier molecular flexibility index (Phi) is 3.31. The first-order valence-corrected chi connectivity index (χ1v) is 6.89. The molecule has 96 valence electrons. The molecule has 3 unspecified atom stereocenters. The largest absolute Gasteiger partial charge is 0.496 e. The summed E-state index contributed by atoms with van der Waals surface area (Å²) in [5.41, 5.74) is 1.06. The van der Waals surface area contributed by atoms with Crippen molar-refractivity contribution < 1.29 is 4.74 Å². The molecule has 0 saturated heterocycles. The molecule has 2 aliphatic rings. The van der Waals surface area contributed by atoms with Crippen molar-refractivity contribution in [3.8, 4) is 5.75 Å². The predicted molar refractivity (Wildman–Crippen MR) is 74.0 cm³/mol. The summed E-state index contributed by atoms with van der Waals surface area (Å²) in [6.45, 7) is 0.782. The number of benzene rings is 1. The quantitative estimate of drug-likeness (QED) is 0.841. The lowest BCUT2D eigenvalue weighted by Gasteiger charge is -2.41. The van der Waals surface area contributed by atoms with Gasteiger partial charge in [0.25, 0.3) is 0 Å². The summed E-state index contributed by atoms with van der Waals surface area (Å²) in [6.07, 6.45) is 7.21. The third kappa shape index (κ3) is 2.04. The number of nitrogens with one attached hydrogen (secondary N) is 1. The molecule has 1 aromatic rings. The number of methoxy groups -OCH3 is 1. The molecule has 3 rings (SSSR count). The Morgan fingerprint density at radius 3 is 3.11 bits per heavy atom. The van der Waals surface area contributed by atoms with Crippen LogP contribution in [-0.4, -0.2) is 13.2 Å². The topological polar surface area (TPSA) is 21.3 Å². The Balaban J connectivity index is 1.65. The van der Waals surface area contributed by atoms with E-state index in [1.54, 1.807) is 7.11 Å². The van der Waals surface area contributed by atoms with Crippen molar-refractivity contribution in [2.75, 3.05) is 7.11 Å². The normalized spacial score (nSPS) is 28.9. The summed E-state index contributed by atoms with van der Waals surface area (Å²) in [5, 5.41) is 4.38. The summed E-state index contributed by atoms with van der Waals surface area (Å²) < 4.78 is 5.36. The molecule has 0 amide bonds. The molecule has 1 aromatic carbocycles. The van der Waals surface area contributed by atoms with E-state index in [2.05, 4.69) is 17.5 Å². The molecule has 2 aliphatic carbocycles. The molecule has 3 atom stereocenters. The van der Waals surface area contributed by atoms with Gasteiger partial charge < -0.3 is 10.1 Å². The summed E-state index contributed by atoms with van der Waals surface area (Å²) in [5.74, 6) is 2.49. The van der Waals surface area contributed by atoms with Gasteiger partial charge in [-0.05, 0) is 36.8 Å². The fourth-order valence-corrected chi connectivity index (χ4v) is 3.32. The number of rotatable bonds is 4. The second-order valence-corrected chi connectivity index (χ2v) is 5.55. The molecule has 1 fully saturated rings. The van der Waals surface area contributed by atoms with Gasteiger partial charge in [-0.3, -0.25) is 0 Å².